The van der Waals surface area contributed by atoms with Crippen LogP contribution in [0, 0.1) is 11.8 Å². The first-order valence-corrected chi connectivity index (χ1v) is 17.0. The highest BCUT2D eigenvalue weighted by Gasteiger charge is 2.73. The second-order valence-corrected chi connectivity index (χ2v) is 14.4. The van der Waals surface area contributed by atoms with Gasteiger partial charge in [0.1, 0.15) is 12.1 Å². The minimum Gasteiger partial charge on any atom is -0.274 e. The maximum absolute atomic E-state index is 14.5. The van der Waals surface area contributed by atoms with Gasteiger partial charge >= 0.3 is 0 Å². The standard InChI is InChI=1S/C34H20Cl6N4O4/c35-17-5-1-15(2-6-17)27-25-29(33(47)41(31(25)45)19-9-11-21(37)23(39)13-19)44-28(16-3-7-18(36)8-4-16)26-30(43(27)44)34(48)42(32(26)46)20-10-12-22(38)24(40)14-20/h1-14,25-30H. The molecule has 8 rings (SSSR count). The molecule has 4 aromatic rings. The van der Waals surface area contributed by atoms with E-state index in [2.05, 4.69) is 0 Å². The lowest BCUT2D eigenvalue weighted by Gasteiger charge is -2.35. The molecule has 4 amide bonds. The number of benzene rings is 4. The number of imide groups is 2. The molecule has 48 heavy (non-hydrogen) atoms. The summed E-state index contributed by atoms with van der Waals surface area (Å²) in [6.07, 6.45) is 0. The molecule has 0 spiro atoms. The molecule has 242 valence electrons. The van der Waals surface area contributed by atoms with Crippen LogP contribution < -0.4 is 9.80 Å². The first kappa shape index (κ1) is 32.0. The Balaban J connectivity index is 1.33. The zero-order valence-electron chi connectivity index (χ0n) is 24.2. The smallest absolute Gasteiger partial charge is 0.253 e. The van der Waals surface area contributed by atoms with Gasteiger partial charge in [-0.15, -0.1) is 0 Å². The van der Waals surface area contributed by atoms with Gasteiger partial charge in [0, 0.05) is 10.0 Å². The number of rotatable bonds is 4. The van der Waals surface area contributed by atoms with Crippen molar-refractivity contribution in [1.82, 2.24) is 10.0 Å². The van der Waals surface area contributed by atoms with E-state index in [9.17, 15) is 19.2 Å². The monoisotopic (exact) mass is 758 g/mol. The van der Waals surface area contributed by atoms with Crippen LogP contribution in [0.5, 0.6) is 0 Å². The van der Waals surface area contributed by atoms with Gasteiger partial charge in [-0.05, 0) is 71.8 Å². The molecule has 6 atom stereocenters. The van der Waals surface area contributed by atoms with Crippen molar-refractivity contribution < 1.29 is 19.2 Å². The van der Waals surface area contributed by atoms with Crippen LogP contribution in [0.15, 0.2) is 84.9 Å². The SMILES string of the molecule is O=C1C2C(C(=O)N1c1ccc(Cl)c(Cl)c1)N1C(c3ccc(Cl)cc3)C3C(=O)N(c4ccc(Cl)c(Cl)c4)C(=O)C3N1C2c1ccc(Cl)cc1. The Labute approximate surface area is 304 Å². The summed E-state index contributed by atoms with van der Waals surface area (Å²) in [6, 6.07) is 19.0. The summed E-state index contributed by atoms with van der Waals surface area (Å²) in [6.45, 7) is 0. The number of halogens is 6. The van der Waals surface area contributed by atoms with Gasteiger partial charge < -0.3 is 0 Å². The number of carbonyl (C=O) groups excluding carboxylic acids is 4. The van der Waals surface area contributed by atoms with Crippen molar-refractivity contribution >= 4 is 105 Å². The van der Waals surface area contributed by atoms with Crippen LogP contribution in [0.3, 0.4) is 0 Å². The molecule has 0 aliphatic carbocycles. The van der Waals surface area contributed by atoms with E-state index in [4.69, 9.17) is 69.6 Å². The van der Waals surface area contributed by atoms with Gasteiger partial charge in [0.25, 0.3) is 11.8 Å². The molecule has 0 aromatic heterocycles. The zero-order valence-corrected chi connectivity index (χ0v) is 28.8. The zero-order chi connectivity index (χ0) is 33.8. The fourth-order valence-electron chi connectivity index (χ4n) is 7.58. The predicted molar refractivity (Wildman–Crippen MR) is 185 cm³/mol. The summed E-state index contributed by atoms with van der Waals surface area (Å²) in [7, 11) is 0. The molecular formula is C34H20Cl6N4O4. The quantitative estimate of drug-likeness (QED) is 0.196. The molecular weight excluding hydrogens is 741 g/mol. The lowest BCUT2D eigenvalue weighted by molar-refractivity contribution is -0.136. The normalized spacial score (nSPS) is 26.9. The number of anilines is 2. The van der Waals surface area contributed by atoms with Gasteiger partial charge in [-0.1, -0.05) is 93.9 Å². The predicted octanol–water partition coefficient (Wildman–Crippen LogP) is 8.05. The van der Waals surface area contributed by atoms with Gasteiger partial charge in [0.15, 0.2) is 0 Å². The van der Waals surface area contributed by atoms with Crippen molar-refractivity contribution in [2.24, 2.45) is 11.8 Å². The van der Waals surface area contributed by atoms with Crippen LogP contribution in [0.4, 0.5) is 11.4 Å². The molecule has 4 aromatic carbocycles. The fraction of sp³-hybridized carbons (Fsp3) is 0.176. The van der Waals surface area contributed by atoms with Crippen LogP contribution in [0.2, 0.25) is 30.1 Å². The van der Waals surface area contributed by atoms with Crippen molar-refractivity contribution in [3.8, 4) is 0 Å². The maximum Gasteiger partial charge on any atom is 0.253 e. The van der Waals surface area contributed by atoms with Gasteiger partial charge in [-0.25, -0.2) is 19.8 Å². The molecule has 4 heterocycles. The molecule has 0 bridgehead atoms. The fourth-order valence-corrected chi connectivity index (χ4v) is 8.41. The molecule has 4 aliphatic rings. The van der Waals surface area contributed by atoms with Crippen molar-refractivity contribution in [3.63, 3.8) is 0 Å². The minimum atomic E-state index is -1.07. The molecule has 6 unspecified atom stereocenters. The van der Waals surface area contributed by atoms with Gasteiger partial charge in [-0.2, -0.15) is 0 Å². The van der Waals surface area contributed by atoms with E-state index in [1.165, 1.54) is 24.3 Å². The Bertz CT molecular complexity index is 1910. The number of hydrogen-bond acceptors (Lipinski definition) is 6. The van der Waals surface area contributed by atoms with E-state index in [1.54, 1.807) is 70.7 Å². The van der Waals surface area contributed by atoms with Crippen molar-refractivity contribution in [3.05, 3.63) is 126 Å². The van der Waals surface area contributed by atoms with Crippen LogP contribution in [-0.2, 0) is 19.2 Å². The van der Waals surface area contributed by atoms with Crippen molar-refractivity contribution in [2.45, 2.75) is 24.2 Å². The molecule has 0 radical (unpaired) electrons. The Morgan fingerprint density at radius 1 is 0.396 bits per heavy atom. The number of hydrazine groups is 1. The van der Waals surface area contributed by atoms with E-state index in [1.807, 2.05) is 0 Å². The molecule has 4 fully saturated rings. The number of fused-ring (bicyclic) bond motifs is 5. The van der Waals surface area contributed by atoms with Crippen molar-refractivity contribution in [1.29, 1.82) is 0 Å². The third-order valence-electron chi connectivity index (χ3n) is 9.47. The molecule has 0 N–H and O–H groups in total. The average molecular weight is 761 g/mol. The minimum absolute atomic E-state index is 0.177. The number of amides is 4. The van der Waals surface area contributed by atoms with E-state index >= 15 is 0 Å². The summed E-state index contributed by atoms with van der Waals surface area (Å²) in [5.74, 6) is -3.95. The average Bonchev–Trinajstić information content (AvgIpc) is 3.72. The van der Waals surface area contributed by atoms with Crippen molar-refractivity contribution in [2.75, 3.05) is 9.80 Å². The highest BCUT2D eigenvalue weighted by molar-refractivity contribution is 6.43. The first-order chi connectivity index (χ1) is 23.0. The molecule has 0 saturated carbocycles. The lowest BCUT2D eigenvalue weighted by Crippen LogP contribution is -2.50. The van der Waals surface area contributed by atoms with Crippen LogP contribution in [0.25, 0.3) is 0 Å². The maximum atomic E-state index is 14.5. The Kier molecular flexibility index (Phi) is 7.82. The largest absolute Gasteiger partial charge is 0.274 e. The second-order valence-electron chi connectivity index (χ2n) is 11.9. The Morgan fingerprint density at radius 3 is 1.08 bits per heavy atom. The first-order valence-electron chi connectivity index (χ1n) is 14.7. The van der Waals surface area contributed by atoms with E-state index in [0.717, 1.165) is 9.80 Å². The number of carbonyl (C=O) groups is 4. The molecule has 4 aliphatic heterocycles. The highest BCUT2D eigenvalue weighted by atomic mass is 35.5. The second kappa shape index (κ2) is 11.7. The van der Waals surface area contributed by atoms with Gasteiger partial charge in [-0.3, -0.25) is 19.2 Å². The molecule has 4 saturated heterocycles. The van der Waals surface area contributed by atoms with E-state index in [-0.39, 0.29) is 31.5 Å². The Hall–Kier alpha value is -3.18. The van der Waals surface area contributed by atoms with E-state index < -0.39 is 59.6 Å². The van der Waals surface area contributed by atoms with Gasteiger partial charge in [0.05, 0.1) is 55.4 Å². The molecule has 14 heteroatoms. The summed E-state index contributed by atoms with van der Waals surface area (Å²) in [5, 5.41) is 5.32. The van der Waals surface area contributed by atoms with E-state index in [0.29, 0.717) is 21.2 Å². The number of hydrogen-bond donors (Lipinski definition) is 0. The lowest BCUT2D eigenvalue weighted by atomic mass is 9.84. The van der Waals surface area contributed by atoms with Crippen LogP contribution >= 0.6 is 69.6 Å². The summed E-state index contributed by atoms with van der Waals surface area (Å²) >= 11 is 37.5. The highest BCUT2D eigenvalue weighted by Crippen LogP contribution is 2.60. The third kappa shape index (κ3) is 4.66. The number of nitrogens with zero attached hydrogens (tertiary/aromatic N) is 4. The third-order valence-corrected chi connectivity index (χ3v) is 11.5. The summed E-state index contributed by atoms with van der Waals surface area (Å²) < 4.78 is 0. The van der Waals surface area contributed by atoms with Gasteiger partial charge in [0.2, 0.25) is 11.8 Å². The molecule has 8 nitrogen and oxygen atoms in total. The van der Waals surface area contributed by atoms with Crippen LogP contribution in [0.1, 0.15) is 23.2 Å². The summed E-state index contributed by atoms with van der Waals surface area (Å²) in [4.78, 5) is 60.3. The van der Waals surface area contributed by atoms with Crippen LogP contribution in [-0.4, -0.2) is 45.7 Å². The Morgan fingerprint density at radius 2 is 0.750 bits per heavy atom. The summed E-state index contributed by atoms with van der Waals surface area (Å²) in [5.41, 5.74) is 1.79. The topological polar surface area (TPSA) is 81.2 Å².